The maximum atomic E-state index is 8.04. The molecule has 48 valence electrons. The van der Waals surface area contributed by atoms with E-state index < -0.39 is 0 Å². The fourth-order valence-corrected chi connectivity index (χ4v) is 0.347. The molecule has 0 atom stereocenters. The van der Waals surface area contributed by atoms with Gasteiger partial charge >= 0.3 is 0 Å². The second-order valence-corrected chi connectivity index (χ2v) is 1.38. The molecule has 0 rings (SSSR count). The SMILES string of the molecule is N/N=C/CCCNO. The molecule has 8 heavy (non-hydrogen) atoms. The fourth-order valence-electron chi connectivity index (χ4n) is 0.347. The molecule has 0 heterocycles. The van der Waals surface area contributed by atoms with Gasteiger partial charge < -0.3 is 11.0 Å². The first-order chi connectivity index (χ1) is 3.91. The van der Waals surface area contributed by atoms with Crippen LogP contribution in [-0.4, -0.2) is 18.0 Å². The van der Waals surface area contributed by atoms with Gasteiger partial charge in [0, 0.05) is 12.8 Å². The van der Waals surface area contributed by atoms with Crippen molar-refractivity contribution >= 4 is 6.21 Å². The Morgan fingerprint density at radius 3 is 3.00 bits per heavy atom. The van der Waals surface area contributed by atoms with E-state index in [0.29, 0.717) is 6.54 Å². The van der Waals surface area contributed by atoms with Gasteiger partial charge in [-0.25, -0.2) is 5.48 Å². The minimum atomic E-state index is 0.589. The molecular weight excluding hydrogens is 106 g/mol. The van der Waals surface area contributed by atoms with Crippen molar-refractivity contribution in [3.05, 3.63) is 0 Å². The van der Waals surface area contributed by atoms with Gasteiger partial charge in [0.1, 0.15) is 0 Å². The highest BCUT2D eigenvalue weighted by molar-refractivity contribution is 5.56. The van der Waals surface area contributed by atoms with Crippen molar-refractivity contribution in [2.24, 2.45) is 10.9 Å². The number of unbranched alkanes of at least 4 members (excludes halogenated alkanes) is 1. The number of hydrazone groups is 1. The zero-order chi connectivity index (χ0) is 6.24. The Balaban J connectivity index is 2.72. The van der Waals surface area contributed by atoms with Crippen molar-refractivity contribution < 1.29 is 5.21 Å². The van der Waals surface area contributed by atoms with E-state index in [2.05, 4.69) is 5.10 Å². The number of hydroxylamine groups is 1. The third-order valence-electron chi connectivity index (χ3n) is 0.727. The lowest BCUT2D eigenvalue weighted by Gasteiger charge is -1.90. The van der Waals surface area contributed by atoms with E-state index in [1.54, 1.807) is 6.21 Å². The normalized spacial score (nSPS) is 10.6. The van der Waals surface area contributed by atoms with Gasteiger partial charge in [-0.05, 0) is 12.8 Å². The molecule has 0 aromatic rings. The zero-order valence-corrected chi connectivity index (χ0v) is 4.67. The van der Waals surface area contributed by atoms with Crippen molar-refractivity contribution in [2.75, 3.05) is 6.54 Å². The highest BCUT2D eigenvalue weighted by atomic mass is 16.5. The lowest BCUT2D eigenvalue weighted by atomic mass is 10.3. The molecule has 4 nitrogen and oxygen atoms in total. The van der Waals surface area contributed by atoms with Gasteiger partial charge in [-0.1, -0.05) is 0 Å². The summed E-state index contributed by atoms with van der Waals surface area (Å²) in [6, 6.07) is 0. The van der Waals surface area contributed by atoms with Gasteiger partial charge in [0.25, 0.3) is 0 Å². The summed E-state index contributed by atoms with van der Waals surface area (Å²) < 4.78 is 0. The number of nitrogens with two attached hydrogens (primary N) is 1. The lowest BCUT2D eigenvalue weighted by Crippen LogP contribution is -2.08. The second-order valence-electron chi connectivity index (χ2n) is 1.38. The van der Waals surface area contributed by atoms with Crippen LogP contribution in [0.4, 0.5) is 0 Å². The number of rotatable bonds is 4. The summed E-state index contributed by atoms with van der Waals surface area (Å²) >= 11 is 0. The number of hydrogen-bond donors (Lipinski definition) is 3. The Bertz CT molecular complexity index is 64.3. The molecule has 0 amide bonds. The van der Waals surface area contributed by atoms with E-state index in [-0.39, 0.29) is 0 Å². The summed E-state index contributed by atoms with van der Waals surface area (Å²) in [5.74, 6) is 4.80. The molecule has 0 unspecified atom stereocenters. The highest BCUT2D eigenvalue weighted by Crippen LogP contribution is 1.79. The van der Waals surface area contributed by atoms with Crippen LogP contribution in [0.1, 0.15) is 12.8 Å². The summed E-state index contributed by atoms with van der Waals surface area (Å²) in [4.78, 5) is 0. The third-order valence-corrected chi connectivity index (χ3v) is 0.727. The molecule has 0 bridgehead atoms. The van der Waals surface area contributed by atoms with Crippen molar-refractivity contribution in [1.29, 1.82) is 0 Å². The van der Waals surface area contributed by atoms with Crippen molar-refractivity contribution in [3.63, 3.8) is 0 Å². The predicted octanol–water partition coefficient (Wildman–Crippen LogP) is -0.310. The second kappa shape index (κ2) is 6.39. The van der Waals surface area contributed by atoms with Crippen LogP contribution >= 0.6 is 0 Å². The Labute approximate surface area is 48.3 Å². The van der Waals surface area contributed by atoms with Crippen LogP contribution in [-0.2, 0) is 0 Å². The molecule has 4 heteroatoms. The van der Waals surface area contributed by atoms with Crippen molar-refractivity contribution in [2.45, 2.75) is 12.8 Å². The summed E-state index contributed by atoms with van der Waals surface area (Å²) in [6.07, 6.45) is 3.28. The molecule has 4 N–H and O–H groups in total. The van der Waals surface area contributed by atoms with Crippen LogP contribution in [0.3, 0.4) is 0 Å². The van der Waals surface area contributed by atoms with E-state index >= 15 is 0 Å². The highest BCUT2D eigenvalue weighted by Gasteiger charge is 1.79. The molecule has 0 radical (unpaired) electrons. The van der Waals surface area contributed by atoms with E-state index in [0.717, 1.165) is 12.8 Å². The van der Waals surface area contributed by atoms with Gasteiger partial charge in [-0.15, -0.1) is 0 Å². The predicted molar refractivity (Wildman–Crippen MR) is 31.7 cm³/mol. The Hall–Kier alpha value is -0.610. The first-order valence-electron chi connectivity index (χ1n) is 2.50. The van der Waals surface area contributed by atoms with E-state index in [1.165, 1.54) is 0 Å². The Morgan fingerprint density at radius 1 is 1.75 bits per heavy atom. The molecular formula is C4H11N3O. The topological polar surface area (TPSA) is 70.6 Å². The average molecular weight is 117 g/mol. The molecule has 0 saturated carbocycles. The van der Waals surface area contributed by atoms with Crippen LogP contribution in [0, 0.1) is 0 Å². The molecule has 0 aromatic heterocycles. The maximum Gasteiger partial charge on any atom is 0.0240 e. The van der Waals surface area contributed by atoms with Gasteiger partial charge in [-0.3, -0.25) is 0 Å². The smallest absolute Gasteiger partial charge is 0.0240 e. The fraction of sp³-hybridized carbons (Fsp3) is 0.750. The zero-order valence-electron chi connectivity index (χ0n) is 4.67. The molecule has 0 fully saturated rings. The van der Waals surface area contributed by atoms with Gasteiger partial charge in [-0.2, -0.15) is 5.10 Å². The monoisotopic (exact) mass is 117 g/mol. The summed E-state index contributed by atoms with van der Waals surface area (Å²) in [5, 5.41) is 11.3. The largest absolute Gasteiger partial charge is 0.324 e. The molecule has 0 aliphatic heterocycles. The van der Waals surface area contributed by atoms with Crippen LogP contribution in [0.15, 0.2) is 5.10 Å². The summed E-state index contributed by atoms with van der Waals surface area (Å²) in [5.41, 5.74) is 2.02. The minimum Gasteiger partial charge on any atom is -0.324 e. The molecule has 0 saturated heterocycles. The van der Waals surface area contributed by atoms with E-state index in [4.69, 9.17) is 11.0 Å². The van der Waals surface area contributed by atoms with Crippen LogP contribution in [0.5, 0.6) is 0 Å². The summed E-state index contributed by atoms with van der Waals surface area (Å²) in [6.45, 7) is 0.589. The van der Waals surface area contributed by atoms with Gasteiger partial charge in [0.2, 0.25) is 0 Å². The van der Waals surface area contributed by atoms with E-state index in [1.807, 2.05) is 5.48 Å². The third kappa shape index (κ3) is 5.39. The lowest BCUT2D eigenvalue weighted by molar-refractivity contribution is 0.166. The number of nitrogens with one attached hydrogen (secondary N) is 1. The van der Waals surface area contributed by atoms with Crippen LogP contribution in [0.2, 0.25) is 0 Å². The van der Waals surface area contributed by atoms with Crippen molar-refractivity contribution in [1.82, 2.24) is 5.48 Å². The number of nitrogens with zero attached hydrogens (tertiary/aromatic N) is 1. The van der Waals surface area contributed by atoms with Crippen LogP contribution < -0.4 is 11.3 Å². The minimum absolute atomic E-state index is 0.589. The van der Waals surface area contributed by atoms with Crippen molar-refractivity contribution in [3.8, 4) is 0 Å². The van der Waals surface area contributed by atoms with Gasteiger partial charge in [0.15, 0.2) is 0 Å². The maximum absolute atomic E-state index is 8.04. The van der Waals surface area contributed by atoms with Gasteiger partial charge in [0.05, 0.1) is 0 Å². The summed E-state index contributed by atoms with van der Waals surface area (Å²) in [7, 11) is 0. The molecule has 0 aromatic carbocycles. The average Bonchev–Trinajstić information content (AvgIpc) is 1.81. The van der Waals surface area contributed by atoms with E-state index in [9.17, 15) is 0 Å². The molecule has 0 aliphatic rings. The molecule has 0 aliphatic carbocycles. The first-order valence-corrected chi connectivity index (χ1v) is 2.50. The Morgan fingerprint density at radius 2 is 2.50 bits per heavy atom. The number of hydrogen-bond acceptors (Lipinski definition) is 4. The standard InChI is InChI=1S/C4H11N3O/c5-6-3-1-2-4-7-8/h3,7-8H,1-2,4-5H2/b6-3+. The van der Waals surface area contributed by atoms with Crippen LogP contribution in [0.25, 0.3) is 0 Å². The molecule has 0 spiro atoms. The Kier molecular flexibility index (Phi) is 5.90. The quantitative estimate of drug-likeness (QED) is 0.205. The first kappa shape index (κ1) is 7.39.